The molecule has 1 aliphatic carbocycles. The van der Waals surface area contributed by atoms with Crippen molar-refractivity contribution >= 4 is 11.6 Å². The lowest BCUT2D eigenvalue weighted by Crippen LogP contribution is -2.24. The average Bonchev–Trinajstić information content (AvgIpc) is 3.09. The van der Waals surface area contributed by atoms with Gasteiger partial charge in [-0.25, -0.2) is 0 Å². The Morgan fingerprint density at radius 1 is 1.35 bits per heavy atom. The molecule has 3 nitrogen and oxygen atoms in total. The zero-order chi connectivity index (χ0) is 12.1. The van der Waals surface area contributed by atoms with E-state index < -0.39 is 0 Å². The molecule has 0 amide bonds. The van der Waals surface area contributed by atoms with Crippen molar-refractivity contribution in [1.29, 1.82) is 0 Å². The lowest BCUT2D eigenvalue weighted by atomic mass is 10.0. The molecule has 2 rings (SSSR count). The van der Waals surface area contributed by atoms with Crippen LogP contribution in [0.3, 0.4) is 0 Å². The number of rotatable bonds is 5. The van der Waals surface area contributed by atoms with E-state index in [0.29, 0.717) is 11.4 Å². The van der Waals surface area contributed by atoms with Crippen molar-refractivity contribution in [3.63, 3.8) is 0 Å². The molecule has 0 aliphatic heterocycles. The van der Waals surface area contributed by atoms with E-state index in [4.69, 9.17) is 5.73 Å². The van der Waals surface area contributed by atoms with E-state index in [9.17, 15) is 0 Å². The molecule has 0 radical (unpaired) electrons. The standard InChI is InChI=1S/C14H21N3/c1-2-8-14(9-10-14)11-16-13(15)17-12-6-4-3-5-7-12/h3-7H,2,8-11H2,1H3,(H3,15,16,17). The molecule has 92 valence electrons. The van der Waals surface area contributed by atoms with Gasteiger partial charge in [0.15, 0.2) is 5.96 Å². The number of benzene rings is 1. The van der Waals surface area contributed by atoms with Gasteiger partial charge in [-0.1, -0.05) is 31.5 Å². The largest absolute Gasteiger partial charge is 0.370 e. The number of nitrogens with two attached hydrogens (primary N) is 1. The van der Waals surface area contributed by atoms with Crippen LogP contribution in [-0.4, -0.2) is 12.5 Å². The Morgan fingerprint density at radius 2 is 2.06 bits per heavy atom. The van der Waals surface area contributed by atoms with Gasteiger partial charge in [0.1, 0.15) is 0 Å². The van der Waals surface area contributed by atoms with Gasteiger partial charge in [-0.05, 0) is 36.8 Å². The van der Waals surface area contributed by atoms with Crippen LogP contribution >= 0.6 is 0 Å². The maximum atomic E-state index is 5.88. The van der Waals surface area contributed by atoms with Gasteiger partial charge >= 0.3 is 0 Å². The van der Waals surface area contributed by atoms with Gasteiger partial charge in [-0.2, -0.15) is 0 Å². The molecule has 1 saturated carbocycles. The fourth-order valence-electron chi connectivity index (χ4n) is 2.16. The van der Waals surface area contributed by atoms with Crippen LogP contribution in [0, 0.1) is 5.41 Å². The van der Waals surface area contributed by atoms with Crippen molar-refractivity contribution in [1.82, 2.24) is 0 Å². The van der Waals surface area contributed by atoms with E-state index in [1.165, 1.54) is 25.7 Å². The first-order valence-electron chi connectivity index (χ1n) is 6.36. The third-order valence-corrected chi connectivity index (χ3v) is 3.37. The molecule has 0 saturated heterocycles. The van der Waals surface area contributed by atoms with E-state index in [1.807, 2.05) is 30.3 Å². The second-order valence-corrected chi connectivity index (χ2v) is 4.94. The fraction of sp³-hybridized carbons (Fsp3) is 0.500. The maximum absolute atomic E-state index is 5.88. The Hall–Kier alpha value is -1.51. The fourth-order valence-corrected chi connectivity index (χ4v) is 2.16. The minimum Gasteiger partial charge on any atom is -0.370 e. The lowest BCUT2D eigenvalue weighted by molar-refractivity contribution is 0.473. The number of nitrogens with zero attached hydrogens (tertiary/aromatic N) is 1. The molecule has 0 bridgehead atoms. The maximum Gasteiger partial charge on any atom is 0.193 e. The lowest BCUT2D eigenvalue weighted by Gasteiger charge is -2.11. The summed E-state index contributed by atoms with van der Waals surface area (Å²) in [7, 11) is 0. The molecule has 1 aliphatic rings. The first-order chi connectivity index (χ1) is 8.24. The van der Waals surface area contributed by atoms with Gasteiger partial charge in [0.05, 0.1) is 0 Å². The quantitative estimate of drug-likeness (QED) is 0.604. The van der Waals surface area contributed by atoms with E-state index in [-0.39, 0.29) is 0 Å². The molecular weight excluding hydrogens is 210 g/mol. The summed E-state index contributed by atoms with van der Waals surface area (Å²) in [6.07, 6.45) is 5.13. The van der Waals surface area contributed by atoms with Crippen LogP contribution in [0.1, 0.15) is 32.6 Å². The normalized spacial score (nSPS) is 17.8. The third-order valence-electron chi connectivity index (χ3n) is 3.37. The Morgan fingerprint density at radius 3 is 2.65 bits per heavy atom. The minimum absolute atomic E-state index is 0.470. The van der Waals surface area contributed by atoms with Crippen molar-refractivity contribution in [2.75, 3.05) is 11.9 Å². The molecule has 1 aromatic rings. The third kappa shape index (κ3) is 3.48. The highest BCUT2D eigenvalue weighted by molar-refractivity contribution is 5.92. The Labute approximate surface area is 103 Å². The number of anilines is 1. The second-order valence-electron chi connectivity index (χ2n) is 4.94. The highest BCUT2D eigenvalue weighted by atomic mass is 15.1. The second kappa shape index (κ2) is 5.21. The highest BCUT2D eigenvalue weighted by Crippen LogP contribution is 2.49. The van der Waals surface area contributed by atoms with Gasteiger partial charge in [0.2, 0.25) is 0 Å². The van der Waals surface area contributed by atoms with Crippen LogP contribution in [0.15, 0.2) is 35.3 Å². The van der Waals surface area contributed by atoms with E-state index in [1.54, 1.807) is 0 Å². The molecule has 1 fully saturated rings. The molecule has 0 heterocycles. The molecule has 1 aromatic carbocycles. The zero-order valence-electron chi connectivity index (χ0n) is 10.4. The van der Waals surface area contributed by atoms with Crippen molar-refractivity contribution < 1.29 is 0 Å². The summed E-state index contributed by atoms with van der Waals surface area (Å²) in [5.41, 5.74) is 7.34. The number of para-hydroxylation sites is 1. The van der Waals surface area contributed by atoms with Gasteiger partial charge in [-0.15, -0.1) is 0 Å². The zero-order valence-corrected chi connectivity index (χ0v) is 10.4. The molecule has 0 atom stereocenters. The summed E-state index contributed by atoms with van der Waals surface area (Å²) in [6, 6.07) is 9.92. The van der Waals surface area contributed by atoms with Crippen LogP contribution in [-0.2, 0) is 0 Å². The average molecular weight is 231 g/mol. The number of nitrogens with one attached hydrogen (secondary N) is 1. The van der Waals surface area contributed by atoms with E-state index in [2.05, 4.69) is 17.2 Å². The predicted octanol–water partition coefficient (Wildman–Crippen LogP) is 2.99. The SMILES string of the molecule is CCCC1(CN=C(N)Nc2ccccc2)CC1. The molecule has 0 spiro atoms. The van der Waals surface area contributed by atoms with Crippen LogP contribution in [0.5, 0.6) is 0 Å². The Kier molecular flexibility index (Phi) is 3.67. The molecule has 0 unspecified atom stereocenters. The smallest absolute Gasteiger partial charge is 0.193 e. The first-order valence-corrected chi connectivity index (χ1v) is 6.36. The topological polar surface area (TPSA) is 50.4 Å². The first kappa shape index (κ1) is 12.0. The predicted molar refractivity (Wildman–Crippen MR) is 73.1 cm³/mol. The summed E-state index contributed by atoms with van der Waals surface area (Å²) in [4.78, 5) is 4.46. The van der Waals surface area contributed by atoms with Crippen LogP contribution < -0.4 is 11.1 Å². The van der Waals surface area contributed by atoms with Crippen molar-refractivity contribution in [2.24, 2.45) is 16.1 Å². The number of guanidine groups is 1. The van der Waals surface area contributed by atoms with Crippen molar-refractivity contribution in [3.05, 3.63) is 30.3 Å². The molecule has 3 heteroatoms. The van der Waals surface area contributed by atoms with Gasteiger partial charge in [0.25, 0.3) is 0 Å². The monoisotopic (exact) mass is 231 g/mol. The van der Waals surface area contributed by atoms with Gasteiger partial charge in [0, 0.05) is 12.2 Å². The van der Waals surface area contributed by atoms with Crippen molar-refractivity contribution in [3.8, 4) is 0 Å². The number of aliphatic imine (C=N–C) groups is 1. The Balaban J connectivity index is 1.86. The van der Waals surface area contributed by atoms with Crippen molar-refractivity contribution in [2.45, 2.75) is 32.6 Å². The van der Waals surface area contributed by atoms with Crippen LogP contribution in [0.25, 0.3) is 0 Å². The summed E-state index contributed by atoms with van der Waals surface area (Å²) in [5.74, 6) is 0.526. The summed E-state index contributed by atoms with van der Waals surface area (Å²) in [5, 5.41) is 3.11. The van der Waals surface area contributed by atoms with Gasteiger partial charge in [-0.3, -0.25) is 4.99 Å². The summed E-state index contributed by atoms with van der Waals surface area (Å²) >= 11 is 0. The molecular formula is C14H21N3. The number of hydrogen-bond acceptors (Lipinski definition) is 1. The summed E-state index contributed by atoms with van der Waals surface area (Å²) in [6.45, 7) is 3.10. The molecule has 3 N–H and O–H groups in total. The number of hydrogen-bond donors (Lipinski definition) is 2. The summed E-state index contributed by atoms with van der Waals surface area (Å²) < 4.78 is 0. The van der Waals surface area contributed by atoms with Crippen LogP contribution in [0.2, 0.25) is 0 Å². The van der Waals surface area contributed by atoms with E-state index in [0.717, 1.165) is 12.2 Å². The van der Waals surface area contributed by atoms with E-state index >= 15 is 0 Å². The molecule has 0 aromatic heterocycles. The molecule has 17 heavy (non-hydrogen) atoms. The minimum atomic E-state index is 0.470. The van der Waals surface area contributed by atoms with Gasteiger partial charge < -0.3 is 11.1 Å². The Bertz CT molecular complexity index is 380. The highest BCUT2D eigenvalue weighted by Gasteiger charge is 2.41. The van der Waals surface area contributed by atoms with Crippen LogP contribution in [0.4, 0.5) is 5.69 Å².